The number of aryl methyl sites for hydroxylation is 1. The number of nitrogens with one attached hydrogen (secondary N) is 1. The number of rotatable bonds is 5. The van der Waals surface area contributed by atoms with Crippen LogP contribution < -0.4 is 5.32 Å². The number of aromatic nitrogens is 4. The maximum absolute atomic E-state index is 6.13. The van der Waals surface area contributed by atoms with E-state index in [4.69, 9.17) is 11.6 Å². The van der Waals surface area contributed by atoms with Crippen molar-refractivity contribution < 1.29 is 0 Å². The summed E-state index contributed by atoms with van der Waals surface area (Å²) in [4.78, 5) is 8.91. The Morgan fingerprint density at radius 3 is 2.79 bits per heavy atom. The second kappa shape index (κ2) is 6.24. The van der Waals surface area contributed by atoms with E-state index in [0.717, 1.165) is 41.4 Å². The minimum absolute atomic E-state index is 0.476. The first-order chi connectivity index (χ1) is 11.7. The molecule has 1 N–H and O–H groups in total. The van der Waals surface area contributed by atoms with E-state index in [1.165, 1.54) is 0 Å². The lowest BCUT2D eigenvalue weighted by Crippen LogP contribution is -2.08. The van der Waals surface area contributed by atoms with Gasteiger partial charge in [-0.3, -0.25) is 0 Å². The third kappa shape index (κ3) is 3.26. The Hall–Kier alpha value is -2.40. The third-order valence-corrected chi connectivity index (χ3v) is 4.27. The molecular formula is C18H18ClN5. The van der Waals surface area contributed by atoms with Gasteiger partial charge in [-0.15, -0.1) is 0 Å². The smallest absolute Gasteiger partial charge is 0.135 e. The third-order valence-electron chi connectivity index (χ3n) is 4.08. The Morgan fingerprint density at radius 1 is 1.21 bits per heavy atom. The highest BCUT2D eigenvalue weighted by Crippen LogP contribution is 2.38. The van der Waals surface area contributed by atoms with Gasteiger partial charge in [-0.05, 0) is 37.5 Å². The Labute approximate surface area is 145 Å². The fourth-order valence-electron chi connectivity index (χ4n) is 2.67. The molecule has 122 valence electrons. The summed E-state index contributed by atoms with van der Waals surface area (Å²) in [6, 6.07) is 12.0. The number of anilines is 1. The number of hydrogen-bond donors (Lipinski definition) is 1. The number of para-hydroxylation sites is 1. The first kappa shape index (κ1) is 15.1. The van der Waals surface area contributed by atoms with Crippen LogP contribution in [-0.4, -0.2) is 19.7 Å². The van der Waals surface area contributed by atoms with Crippen LogP contribution in [0.2, 0.25) is 5.15 Å². The molecule has 0 unspecified atom stereocenters. The van der Waals surface area contributed by atoms with Crippen LogP contribution >= 0.6 is 11.6 Å². The minimum atomic E-state index is 0.476. The first-order valence-corrected chi connectivity index (χ1v) is 8.46. The van der Waals surface area contributed by atoms with Crippen molar-refractivity contribution in [2.45, 2.75) is 32.2 Å². The molecule has 1 aliphatic carbocycles. The average molecular weight is 340 g/mol. The van der Waals surface area contributed by atoms with Crippen LogP contribution in [0.1, 0.15) is 35.8 Å². The lowest BCUT2D eigenvalue weighted by Gasteiger charge is -2.12. The van der Waals surface area contributed by atoms with Gasteiger partial charge >= 0.3 is 0 Å². The molecule has 0 amide bonds. The lowest BCUT2D eigenvalue weighted by atomic mass is 10.2. The zero-order valence-corrected chi connectivity index (χ0v) is 14.2. The normalized spacial score (nSPS) is 13.9. The topological polar surface area (TPSA) is 55.6 Å². The molecule has 3 aromatic rings. The van der Waals surface area contributed by atoms with Gasteiger partial charge in [-0.1, -0.05) is 29.8 Å². The summed E-state index contributed by atoms with van der Waals surface area (Å²) in [6.07, 6.45) is 4.28. The molecule has 1 fully saturated rings. The number of halogens is 1. The van der Waals surface area contributed by atoms with E-state index in [1.54, 1.807) is 6.07 Å². The molecule has 0 spiro atoms. The monoisotopic (exact) mass is 339 g/mol. The summed E-state index contributed by atoms with van der Waals surface area (Å²) in [5.41, 5.74) is 3.19. The van der Waals surface area contributed by atoms with Crippen molar-refractivity contribution in [3.63, 3.8) is 0 Å². The van der Waals surface area contributed by atoms with E-state index in [2.05, 4.69) is 32.5 Å². The average Bonchev–Trinajstić information content (AvgIpc) is 3.34. The summed E-state index contributed by atoms with van der Waals surface area (Å²) in [6.45, 7) is 2.63. The summed E-state index contributed by atoms with van der Waals surface area (Å²) in [5.74, 6) is 2.09. The molecule has 5 nitrogen and oxygen atoms in total. The van der Waals surface area contributed by atoms with Gasteiger partial charge in [-0.25, -0.2) is 14.6 Å². The van der Waals surface area contributed by atoms with Gasteiger partial charge in [0.05, 0.1) is 11.4 Å². The largest absolute Gasteiger partial charge is 0.366 e. The molecule has 2 aromatic heterocycles. The molecule has 4 rings (SSSR count). The number of benzene rings is 1. The van der Waals surface area contributed by atoms with Crippen LogP contribution in [0.25, 0.3) is 5.69 Å². The zero-order chi connectivity index (χ0) is 16.5. The van der Waals surface area contributed by atoms with Crippen molar-refractivity contribution in [1.29, 1.82) is 0 Å². The summed E-state index contributed by atoms with van der Waals surface area (Å²) >= 11 is 6.13. The Kier molecular flexibility index (Phi) is 3.94. The molecule has 24 heavy (non-hydrogen) atoms. The molecule has 0 atom stereocenters. The quantitative estimate of drug-likeness (QED) is 0.711. The molecule has 6 heteroatoms. The van der Waals surface area contributed by atoms with Crippen molar-refractivity contribution >= 4 is 17.4 Å². The van der Waals surface area contributed by atoms with Crippen LogP contribution in [0.15, 0.2) is 42.6 Å². The standard InChI is InChI=1S/C18H18ClN5/c1-12-8-9-24(23-12)15-5-3-2-4-14(15)11-20-17-10-16(19)21-18(22-17)13-6-7-13/h2-5,8-10,13H,6-7,11H2,1H3,(H,20,21,22). The summed E-state index contributed by atoms with van der Waals surface area (Å²) in [5, 5.41) is 8.35. The number of hydrogen-bond acceptors (Lipinski definition) is 4. The first-order valence-electron chi connectivity index (χ1n) is 8.08. The van der Waals surface area contributed by atoms with Crippen molar-refractivity contribution in [3.8, 4) is 5.69 Å². The van der Waals surface area contributed by atoms with Crippen molar-refractivity contribution in [1.82, 2.24) is 19.7 Å². The van der Waals surface area contributed by atoms with Gasteiger partial charge in [0.2, 0.25) is 0 Å². The predicted molar refractivity (Wildman–Crippen MR) is 94.6 cm³/mol. The van der Waals surface area contributed by atoms with Gasteiger partial charge in [-0.2, -0.15) is 5.10 Å². The lowest BCUT2D eigenvalue weighted by molar-refractivity contribution is 0.847. The van der Waals surface area contributed by atoms with E-state index in [1.807, 2.05) is 36.0 Å². The van der Waals surface area contributed by atoms with E-state index in [9.17, 15) is 0 Å². The van der Waals surface area contributed by atoms with Crippen LogP contribution in [0.4, 0.5) is 5.82 Å². The molecule has 0 aliphatic heterocycles. The second-order valence-corrected chi connectivity index (χ2v) is 6.48. The molecular weight excluding hydrogens is 322 g/mol. The van der Waals surface area contributed by atoms with Crippen LogP contribution in [0.5, 0.6) is 0 Å². The highest BCUT2D eigenvalue weighted by molar-refractivity contribution is 6.29. The van der Waals surface area contributed by atoms with E-state index < -0.39 is 0 Å². The van der Waals surface area contributed by atoms with Crippen LogP contribution in [0.3, 0.4) is 0 Å². The van der Waals surface area contributed by atoms with Crippen LogP contribution in [-0.2, 0) is 6.54 Å². The predicted octanol–water partition coefficient (Wildman–Crippen LogP) is 4.11. The van der Waals surface area contributed by atoms with E-state index in [-0.39, 0.29) is 0 Å². The van der Waals surface area contributed by atoms with Gasteiger partial charge in [0, 0.05) is 24.7 Å². The molecule has 2 heterocycles. The maximum Gasteiger partial charge on any atom is 0.135 e. The van der Waals surface area contributed by atoms with Crippen molar-refractivity contribution in [2.75, 3.05) is 5.32 Å². The molecule has 1 saturated carbocycles. The SMILES string of the molecule is Cc1ccn(-c2ccccc2CNc2cc(Cl)nc(C3CC3)n2)n1. The Bertz CT molecular complexity index is 869. The highest BCUT2D eigenvalue weighted by Gasteiger charge is 2.27. The maximum atomic E-state index is 6.13. The molecule has 0 radical (unpaired) electrons. The summed E-state index contributed by atoms with van der Waals surface area (Å²) in [7, 11) is 0. The fraction of sp³-hybridized carbons (Fsp3) is 0.278. The Morgan fingerprint density at radius 2 is 2.04 bits per heavy atom. The molecule has 1 aromatic carbocycles. The number of nitrogens with zero attached hydrogens (tertiary/aromatic N) is 4. The minimum Gasteiger partial charge on any atom is -0.366 e. The summed E-state index contributed by atoms with van der Waals surface area (Å²) < 4.78 is 1.90. The van der Waals surface area contributed by atoms with Gasteiger partial charge in [0.25, 0.3) is 0 Å². The zero-order valence-electron chi connectivity index (χ0n) is 13.4. The Balaban J connectivity index is 1.56. The molecule has 0 saturated heterocycles. The fourth-order valence-corrected chi connectivity index (χ4v) is 2.86. The highest BCUT2D eigenvalue weighted by atomic mass is 35.5. The van der Waals surface area contributed by atoms with Crippen molar-refractivity contribution in [2.24, 2.45) is 0 Å². The van der Waals surface area contributed by atoms with Crippen LogP contribution in [0, 0.1) is 6.92 Å². The van der Waals surface area contributed by atoms with Gasteiger partial charge < -0.3 is 5.32 Å². The van der Waals surface area contributed by atoms with Gasteiger partial charge in [0.1, 0.15) is 16.8 Å². The molecule has 0 bridgehead atoms. The molecule has 1 aliphatic rings. The van der Waals surface area contributed by atoms with Gasteiger partial charge in [0.15, 0.2) is 0 Å². The van der Waals surface area contributed by atoms with E-state index >= 15 is 0 Å². The van der Waals surface area contributed by atoms with Crippen molar-refractivity contribution in [3.05, 3.63) is 64.8 Å². The van der Waals surface area contributed by atoms with E-state index in [0.29, 0.717) is 17.6 Å². The second-order valence-electron chi connectivity index (χ2n) is 6.09.